The number of nitrogens with zero attached hydrogens (tertiary/aromatic N) is 3. The Morgan fingerprint density at radius 1 is 1.27 bits per heavy atom. The lowest BCUT2D eigenvalue weighted by Crippen LogP contribution is -2.22. The van der Waals surface area contributed by atoms with Gasteiger partial charge in [0.05, 0.1) is 11.3 Å². The normalized spacial score (nSPS) is 12.0. The molecule has 0 aliphatic rings. The van der Waals surface area contributed by atoms with E-state index >= 15 is 0 Å². The quantitative estimate of drug-likeness (QED) is 0.195. The number of hydrogen-bond donors (Lipinski definition) is 0. The lowest BCUT2D eigenvalue weighted by Gasteiger charge is -2.13. The number of rotatable bonds is 6. The summed E-state index contributed by atoms with van der Waals surface area (Å²) >= 11 is 0. The van der Waals surface area contributed by atoms with E-state index in [1.807, 2.05) is 18.2 Å². The molecule has 1 aromatic heterocycles. The van der Waals surface area contributed by atoms with Crippen LogP contribution in [0, 0.1) is 21.3 Å². The fourth-order valence-electron chi connectivity index (χ4n) is 2.86. The van der Waals surface area contributed by atoms with Crippen LogP contribution in [0.25, 0.3) is 10.8 Å². The van der Waals surface area contributed by atoms with Gasteiger partial charge in [-0.1, -0.05) is 41.2 Å². The Bertz CT molecular complexity index is 1270. The van der Waals surface area contributed by atoms with E-state index in [9.17, 15) is 23.3 Å². The molecule has 1 heterocycles. The standard InChI is InChI=1S/C20H17N3O6S/c1-15(24)29-18(14-22-11-10-21-20(22)23(25)26)7-4-12-30(27,28)19-9-8-16-5-2-3-6-17(16)13-19/h2-3,5-6,8-11,13,18H,7,14H2,1H3. The highest BCUT2D eigenvalue weighted by Gasteiger charge is 2.21. The maximum atomic E-state index is 12.6. The predicted octanol–water partition coefficient (Wildman–Crippen LogP) is 2.70. The smallest absolute Gasteiger partial charge is 0.434 e. The maximum absolute atomic E-state index is 12.6. The molecule has 0 spiro atoms. The summed E-state index contributed by atoms with van der Waals surface area (Å²) in [5.41, 5.74) is 0. The SMILES string of the molecule is CC(=O)OC(CC#CS(=O)(=O)c1ccc2ccccc2c1)Cn1ccnc1[N+](=O)[O-]. The number of benzene rings is 2. The number of carbonyl (C=O) groups is 1. The van der Waals surface area contributed by atoms with Crippen LogP contribution in [0.4, 0.5) is 5.95 Å². The van der Waals surface area contributed by atoms with Crippen molar-refractivity contribution in [2.45, 2.75) is 30.9 Å². The van der Waals surface area contributed by atoms with Crippen LogP contribution in [0.15, 0.2) is 59.8 Å². The first-order valence-electron chi connectivity index (χ1n) is 8.82. The van der Waals surface area contributed by atoms with Gasteiger partial charge in [-0.15, -0.1) is 0 Å². The molecule has 3 rings (SSSR count). The first-order chi connectivity index (χ1) is 14.3. The van der Waals surface area contributed by atoms with E-state index in [0.29, 0.717) is 0 Å². The van der Waals surface area contributed by atoms with E-state index < -0.39 is 32.8 Å². The second kappa shape index (κ2) is 8.75. The highest BCUT2D eigenvalue weighted by atomic mass is 32.2. The summed E-state index contributed by atoms with van der Waals surface area (Å²) in [5.74, 6) is 1.50. The zero-order valence-corrected chi connectivity index (χ0v) is 16.7. The van der Waals surface area contributed by atoms with Crippen molar-refractivity contribution in [3.05, 3.63) is 65.0 Å². The molecule has 0 saturated carbocycles. The molecule has 30 heavy (non-hydrogen) atoms. The Morgan fingerprint density at radius 3 is 2.70 bits per heavy atom. The number of carbonyl (C=O) groups excluding carboxylic acids is 1. The topological polar surface area (TPSA) is 121 Å². The van der Waals surface area contributed by atoms with Crippen LogP contribution in [-0.2, 0) is 25.9 Å². The molecule has 0 radical (unpaired) electrons. The van der Waals surface area contributed by atoms with Crippen molar-refractivity contribution in [1.29, 1.82) is 0 Å². The average molecular weight is 427 g/mol. The number of imidazole rings is 1. The number of hydrogen-bond acceptors (Lipinski definition) is 7. The van der Waals surface area contributed by atoms with Gasteiger partial charge >= 0.3 is 11.9 Å². The van der Waals surface area contributed by atoms with Gasteiger partial charge in [0.15, 0.2) is 0 Å². The largest absolute Gasteiger partial charge is 0.458 e. The van der Waals surface area contributed by atoms with Gasteiger partial charge < -0.3 is 14.9 Å². The number of esters is 1. The Morgan fingerprint density at radius 2 is 2.00 bits per heavy atom. The molecule has 2 aromatic carbocycles. The summed E-state index contributed by atoms with van der Waals surface area (Å²) in [6.07, 6.45) is 1.61. The predicted molar refractivity (Wildman–Crippen MR) is 108 cm³/mol. The molecular weight excluding hydrogens is 410 g/mol. The van der Waals surface area contributed by atoms with Crippen molar-refractivity contribution in [2.24, 2.45) is 0 Å². The van der Waals surface area contributed by atoms with Crippen molar-refractivity contribution in [1.82, 2.24) is 9.55 Å². The fourth-order valence-corrected chi connectivity index (χ4v) is 3.78. The Kier molecular flexibility index (Phi) is 6.13. The number of nitro groups is 1. The van der Waals surface area contributed by atoms with Gasteiger partial charge in [0, 0.05) is 12.2 Å². The monoisotopic (exact) mass is 427 g/mol. The maximum Gasteiger partial charge on any atom is 0.434 e. The minimum absolute atomic E-state index is 0.0583. The van der Waals surface area contributed by atoms with Crippen LogP contribution in [0.1, 0.15) is 13.3 Å². The molecule has 0 amide bonds. The molecule has 3 aromatic rings. The summed E-state index contributed by atoms with van der Waals surface area (Å²) in [4.78, 5) is 25.4. The molecule has 1 atom stereocenters. The van der Waals surface area contributed by atoms with Gasteiger partial charge in [-0.2, -0.15) is 0 Å². The molecule has 0 N–H and O–H groups in total. The van der Waals surface area contributed by atoms with Crippen molar-refractivity contribution in [3.8, 4) is 11.2 Å². The van der Waals surface area contributed by atoms with E-state index in [1.54, 1.807) is 12.1 Å². The third kappa shape index (κ3) is 5.01. The Balaban J connectivity index is 1.79. The highest BCUT2D eigenvalue weighted by Crippen LogP contribution is 2.19. The molecule has 0 aliphatic carbocycles. The molecule has 0 fully saturated rings. The summed E-state index contributed by atoms with van der Waals surface area (Å²) in [6, 6.07) is 12.1. The highest BCUT2D eigenvalue weighted by molar-refractivity contribution is 7.96. The van der Waals surface area contributed by atoms with Crippen LogP contribution in [0.2, 0.25) is 0 Å². The lowest BCUT2D eigenvalue weighted by atomic mass is 10.1. The minimum Gasteiger partial charge on any atom is -0.458 e. The van der Waals surface area contributed by atoms with Gasteiger partial charge in [-0.05, 0) is 27.8 Å². The van der Waals surface area contributed by atoms with E-state index in [2.05, 4.69) is 16.2 Å². The third-order valence-electron chi connectivity index (χ3n) is 4.16. The molecule has 9 nitrogen and oxygen atoms in total. The van der Waals surface area contributed by atoms with Gasteiger partial charge in [0.25, 0.3) is 0 Å². The molecule has 0 aliphatic heterocycles. The Labute approximate surface area is 172 Å². The van der Waals surface area contributed by atoms with Gasteiger partial charge in [0.1, 0.15) is 25.0 Å². The fraction of sp³-hybridized carbons (Fsp3) is 0.200. The summed E-state index contributed by atoms with van der Waals surface area (Å²) in [7, 11) is -3.89. The van der Waals surface area contributed by atoms with E-state index in [1.165, 1.54) is 36.0 Å². The summed E-state index contributed by atoms with van der Waals surface area (Å²) < 4.78 is 31.4. The Hall–Kier alpha value is -3.71. The van der Waals surface area contributed by atoms with Crippen molar-refractivity contribution >= 4 is 32.5 Å². The van der Waals surface area contributed by atoms with Crippen LogP contribution in [0.5, 0.6) is 0 Å². The van der Waals surface area contributed by atoms with Crippen LogP contribution >= 0.6 is 0 Å². The number of sulfone groups is 1. The van der Waals surface area contributed by atoms with Crippen LogP contribution in [0.3, 0.4) is 0 Å². The van der Waals surface area contributed by atoms with Crippen molar-refractivity contribution in [2.75, 3.05) is 0 Å². The number of ether oxygens (including phenoxy) is 1. The van der Waals surface area contributed by atoms with E-state index in [0.717, 1.165) is 10.8 Å². The summed E-state index contributed by atoms with van der Waals surface area (Å²) in [5, 5.41) is 14.9. The molecule has 0 saturated heterocycles. The van der Waals surface area contributed by atoms with Crippen LogP contribution in [-0.4, -0.2) is 35.0 Å². The molecule has 0 bridgehead atoms. The number of aromatic nitrogens is 2. The van der Waals surface area contributed by atoms with E-state index in [-0.39, 0.29) is 17.9 Å². The lowest BCUT2D eigenvalue weighted by molar-refractivity contribution is -0.397. The zero-order chi connectivity index (χ0) is 21.7. The van der Waals surface area contributed by atoms with Gasteiger partial charge in [-0.3, -0.25) is 4.79 Å². The first kappa shape index (κ1) is 21.0. The third-order valence-corrected chi connectivity index (χ3v) is 5.44. The van der Waals surface area contributed by atoms with Crippen molar-refractivity contribution in [3.63, 3.8) is 0 Å². The average Bonchev–Trinajstić information content (AvgIpc) is 3.15. The second-order valence-electron chi connectivity index (χ2n) is 6.36. The van der Waals surface area contributed by atoms with Gasteiger partial charge in [0.2, 0.25) is 9.84 Å². The zero-order valence-electron chi connectivity index (χ0n) is 15.9. The van der Waals surface area contributed by atoms with E-state index in [4.69, 9.17) is 4.74 Å². The molecule has 10 heteroatoms. The summed E-state index contributed by atoms with van der Waals surface area (Å²) in [6.45, 7) is 1.11. The molecule has 154 valence electrons. The first-order valence-corrected chi connectivity index (χ1v) is 10.3. The van der Waals surface area contributed by atoms with Crippen molar-refractivity contribution < 1.29 is 22.9 Å². The number of fused-ring (bicyclic) bond motifs is 1. The minimum atomic E-state index is -3.89. The van der Waals surface area contributed by atoms with Gasteiger partial charge in [-0.25, -0.2) is 13.0 Å². The van der Waals surface area contributed by atoms with Crippen LogP contribution < -0.4 is 0 Å². The molecular formula is C20H17N3O6S. The molecule has 1 unspecified atom stereocenters. The second-order valence-corrected chi connectivity index (χ2v) is 8.05.